The van der Waals surface area contributed by atoms with E-state index in [1.165, 1.54) is 14.8 Å². The van der Waals surface area contributed by atoms with Gasteiger partial charge >= 0.3 is 0 Å². The Labute approximate surface area is 132 Å². The number of hydrogen-bond donors (Lipinski definition) is 1. The fourth-order valence-corrected chi connectivity index (χ4v) is 3.44. The van der Waals surface area contributed by atoms with Crippen LogP contribution in [0.1, 0.15) is 24.3 Å². The van der Waals surface area contributed by atoms with Crippen molar-refractivity contribution in [2.75, 3.05) is 5.32 Å². The summed E-state index contributed by atoms with van der Waals surface area (Å²) in [5, 5.41) is 4.49. The van der Waals surface area contributed by atoms with Crippen LogP contribution in [-0.4, -0.2) is 6.04 Å². The van der Waals surface area contributed by atoms with Crippen LogP contribution in [0.3, 0.4) is 0 Å². The molecule has 3 rings (SSSR count). The Morgan fingerprint density at radius 2 is 1.84 bits per heavy atom. The molecule has 1 fully saturated rings. The largest absolute Gasteiger partial charge is 0.382 e. The van der Waals surface area contributed by atoms with E-state index in [1.54, 1.807) is 0 Å². The number of anilines is 1. The van der Waals surface area contributed by atoms with Crippen molar-refractivity contribution in [3.63, 3.8) is 0 Å². The third-order valence-corrected chi connectivity index (χ3v) is 4.69. The lowest BCUT2D eigenvalue weighted by atomic mass is 9.76. The minimum atomic E-state index is 0.569. The second kappa shape index (κ2) is 5.71. The zero-order valence-electron chi connectivity index (χ0n) is 10.4. The molecule has 98 valence electrons. The summed E-state index contributed by atoms with van der Waals surface area (Å²) in [6.45, 7) is 0. The fraction of sp³-hybridized carbons (Fsp3) is 0.250. The van der Waals surface area contributed by atoms with Gasteiger partial charge in [-0.15, -0.1) is 0 Å². The van der Waals surface area contributed by atoms with Crippen molar-refractivity contribution in [2.45, 2.75) is 24.8 Å². The third kappa shape index (κ3) is 3.06. The van der Waals surface area contributed by atoms with Crippen LogP contribution in [0.5, 0.6) is 0 Å². The maximum atomic E-state index is 6.24. The first-order valence-corrected chi connectivity index (χ1v) is 7.94. The summed E-state index contributed by atoms with van der Waals surface area (Å²) in [5.74, 6) is 0.606. The summed E-state index contributed by atoms with van der Waals surface area (Å²) in [4.78, 5) is 0. The first-order chi connectivity index (χ1) is 9.22. The van der Waals surface area contributed by atoms with Crippen molar-refractivity contribution in [3.8, 4) is 0 Å². The molecule has 0 saturated heterocycles. The van der Waals surface area contributed by atoms with Gasteiger partial charge in [0, 0.05) is 20.3 Å². The molecule has 1 nitrogen and oxygen atoms in total. The average molecular weight is 384 g/mol. The maximum absolute atomic E-state index is 6.24. The van der Waals surface area contributed by atoms with Gasteiger partial charge < -0.3 is 5.32 Å². The van der Waals surface area contributed by atoms with Crippen molar-refractivity contribution >= 4 is 39.9 Å². The first-order valence-electron chi connectivity index (χ1n) is 6.49. The van der Waals surface area contributed by atoms with E-state index in [-0.39, 0.29) is 0 Å². The Hall–Kier alpha value is -0.740. The summed E-state index contributed by atoms with van der Waals surface area (Å²) in [6.07, 6.45) is 2.32. The van der Waals surface area contributed by atoms with E-state index in [0.717, 1.165) is 17.9 Å². The standard InChI is InChI=1S/C16H15ClIN/c17-16-7-2-1-6-15(16)11-8-14(9-11)19-13-5-3-4-12(18)10-13/h1-7,10-11,14,19H,8-9H2. The van der Waals surface area contributed by atoms with Crippen molar-refractivity contribution in [2.24, 2.45) is 0 Å². The van der Waals surface area contributed by atoms with Gasteiger partial charge in [-0.25, -0.2) is 0 Å². The number of halogens is 2. The Bertz CT molecular complexity index is 578. The topological polar surface area (TPSA) is 12.0 Å². The molecule has 0 amide bonds. The molecule has 0 unspecified atom stereocenters. The van der Waals surface area contributed by atoms with Gasteiger partial charge in [0.2, 0.25) is 0 Å². The molecule has 1 N–H and O–H groups in total. The minimum Gasteiger partial charge on any atom is -0.382 e. The molecule has 1 aliphatic carbocycles. The molecule has 0 aliphatic heterocycles. The molecule has 0 spiro atoms. The van der Waals surface area contributed by atoms with E-state index in [1.807, 2.05) is 12.1 Å². The molecule has 0 aromatic heterocycles. The van der Waals surface area contributed by atoms with E-state index in [2.05, 4.69) is 64.3 Å². The highest BCUT2D eigenvalue weighted by molar-refractivity contribution is 14.1. The van der Waals surface area contributed by atoms with Gasteiger partial charge in [-0.3, -0.25) is 0 Å². The van der Waals surface area contributed by atoms with Crippen molar-refractivity contribution in [1.29, 1.82) is 0 Å². The van der Waals surface area contributed by atoms with Crippen LogP contribution in [0.25, 0.3) is 0 Å². The zero-order valence-corrected chi connectivity index (χ0v) is 13.4. The minimum absolute atomic E-state index is 0.569. The summed E-state index contributed by atoms with van der Waals surface area (Å²) in [5.41, 5.74) is 2.51. The number of nitrogens with one attached hydrogen (secondary N) is 1. The SMILES string of the molecule is Clc1ccccc1C1CC(Nc2cccc(I)c2)C1. The molecule has 2 aromatic carbocycles. The average Bonchev–Trinajstić information content (AvgIpc) is 2.35. The monoisotopic (exact) mass is 383 g/mol. The lowest BCUT2D eigenvalue weighted by molar-refractivity contribution is 0.374. The normalized spacial score (nSPS) is 21.8. The van der Waals surface area contributed by atoms with Crippen molar-refractivity contribution < 1.29 is 0 Å². The molecule has 2 aromatic rings. The Morgan fingerprint density at radius 3 is 2.58 bits per heavy atom. The van der Waals surface area contributed by atoms with Crippen LogP contribution >= 0.6 is 34.2 Å². The van der Waals surface area contributed by atoms with E-state index in [4.69, 9.17) is 11.6 Å². The van der Waals surface area contributed by atoms with E-state index in [9.17, 15) is 0 Å². The van der Waals surface area contributed by atoms with E-state index in [0.29, 0.717) is 12.0 Å². The fourth-order valence-electron chi connectivity index (χ4n) is 2.61. The molecule has 3 heteroatoms. The molecule has 0 radical (unpaired) electrons. The van der Waals surface area contributed by atoms with Crippen LogP contribution < -0.4 is 5.32 Å². The van der Waals surface area contributed by atoms with Crippen LogP contribution in [0, 0.1) is 3.57 Å². The summed E-state index contributed by atoms with van der Waals surface area (Å²) in [7, 11) is 0. The van der Waals surface area contributed by atoms with Gasteiger partial charge in [0.1, 0.15) is 0 Å². The van der Waals surface area contributed by atoms with Gasteiger partial charge in [0.15, 0.2) is 0 Å². The Balaban J connectivity index is 1.60. The number of rotatable bonds is 3. The number of benzene rings is 2. The molecule has 19 heavy (non-hydrogen) atoms. The number of hydrogen-bond acceptors (Lipinski definition) is 1. The van der Waals surface area contributed by atoms with E-state index < -0.39 is 0 Å². The highest BCUT2D eigenvalue weighted by Crippen LogP contribution is 2.41. The molecule has 0 bridgehead atoms. The van der Waals surface area contributed by atoms with Gasteiger partial charge in [0.05, 0.1) is 0 Å². The molecule has 0 heterocycles. The lowest BCUT2D eigenvalue weighted by Crippen LogP contribution is -2.34. The van der Waals surface area contributed by atoms with Crippen LogP contribution in [0.2, 0.25) is 5.02 Å². The second-order valence-electron chi connectivity index (χ2n) is 5.04. The molecule has 0 atom stereocenters. The molecule has 1 aliphatic rings. The van der Waals surface area contributed by atoms with Crippen LogP contribution in [0.15, 0.2) is 48.5 Å². The Kier molecular flexibility index (Phi) is 3.99. The summed E-state index contributed by atoms with van der Waals surface area (Å²) >= 11 is 8.58. The first kappa shape index (κ1) is 13.3. The maximum Gasteiger partial charge on any atom is 0.0440 e. The smallest absolute Gasteiger partial charge is 0.0440 e. The van der Waals surface area contributed by atoms with Crippen LogP contribution in [0.4, 0.5) is 5.69 Å². The quantitative estimate of drug-likeness (QED) is 0.709. The summed E-state index contributed by atoms with van der Waals surface area (Å²) in [6, 6.07) is 17.3. The predicted molar refractivity (Wildman–Crippen MR) is 90.0 cm³/mol. The van der Waals surface area contributed by atoms with Gasteiger partial charge in [0.25, 0.3) is 0 Å². The predicted octanol–water partition coefficient (Wildman–Crippen LogP) is 5.30. The Morgan fingerprint density at radius 1 is 1.05 bits per heavy atom. The van der Waals surface area contributed by atoms with Crippen molar-refractivity contribution in [3.05, 3.63) is 62.7 Å². The molecule has 1 saturated carbocycles. The molecular formula is C16H15ClIN. The highest BCUT2D eigenvalue weighted by Gasteiger charge is 2.31. The third-order valence-electron chi connectivity index (χ3n) is 3.68. The highest BCUT2D eigenvalue weighted by atomic mass is 127. The van der Waals surface area contributed by atoms with Crippen LogP contribution in [-0.2, 0) is 0 Å². The zero-order chi connectivity index (χ0) is 13.2. The van der Waals surface area contributed by atoms with E-state index >= 15 is 0 Å². The van der Waals surface area contributed by atoms with Gasteiger partial charge in [-0.1, -0.05) is 35.9 Å². The second-order valence-corrected chi connectivity index (χ2v) is 6.69. The van der Waals surface area contributed by atoms with Gasteiger partial charge in [-0.05, 0) is 71.2 Å². The lowest BCUT2D eigenvalue weighted by Gasteiger charge is -2.37. The molecular weight excluding hydrogens is 369 g/mol. The van der Waals surface area contributed by atoms with Gasteiger partial charge in [-0.2, -0.15) is 0 Å². The van der Waals surface area contributed by atoms with Crippen molar-refractivity contribution in [1.82, 2.24) is 0 Å². The summed E-state index contributed by atoms with van der Waals surface area (Å²) < 4.78 is 1.27.